The standard InChI is InChI=1S/C16H16N2O6/c1-23-10-6-14(18-16(7-10)24-2)17-15(22)8-12(20)9-3-4-11(19)13(21)5-9/h3-7,19,21H,8H2,1-2H3,(H,17,18,22). The third kappa shape index (κ3) is 4.13. The largest absolute Gasteiger partial charge is 0.504 e. The third-order valence-corrected chi connectivity index (χ3v) is 3.11. The number of nitrogens with zero attached hydrogens (tertiary/aromatic N) is 1. The molecule has 8 nitrogen and oxygen atoms in total. The second-order valence-electron chi connectivity index (χ2n) is 4.79. The summed E-state index contributed by atoms with van der Waals surface area (Å²) in [5.41, 5.74) is 0.108. The smallest absolute Gasteiger partial charge is 0.233 e. The normalized spacial score (nSPS) is 10.1. The van der Waals surface area contributed by atoms with Crippen molar-refractivity contribution in [3.05, 3.63) is 35.9 Å². The highest BCUT2D eigenvalue weighted by atomic mass is 16.5. The van der Waals surface area contributed by atoms with Gasteiger partial charge in [-0.15, -0.1) is 0 Å². The zero-order chi connectivity index (χ0) is 17.7. The number of Topliss-reactive ketones (excluding diaryl/α,β-unsaturated/α-hetero) is 1. The number of carbonyl (C=O) groups excluding carboxylic acids is 2. The average Bonchev–Trinajstić information content (AvgIpc) is 2.56. The fourth-order valence-electron chi connectivity index (χ4n) is 1.90. The number of ketones is 1. The van der Waals surface area contributed by atoms with Crippen LogP contribution < -0.4 is 14.8 Å². The Bertz CT molecular complexity index is 753. The molecule has 24 heavy (non-hydrogen) atoms. The lowest BCUT2D eigenvalue weighted by Gasteiger charge is -2.08. The molecular weight excluding hydrogens is 316 g/mol. The maximum atomic E-state index is 12.0. The molecule has 0 aliphatic carbocycles. The first-order valence-corrected chi connectivity index (χ1v) is 6.88. The molecule has 0 radical (unpaired) electrons. The van der Waals surface area contributed by atoms with E-state index in [0.717, 1.165) is 6.07 Å². The van der Waals surface area contributed by atoms with Crippen LogP contribution in [0, 0.1) is 0 Å². The zero-order valence-electron chi connectivity index (χ0n) is 13.1. The second kappa shape index (κ2) is 7.32. The first-order chi connectivity index (χ1) is 11.4. The number of amides is 1. The molecular formula is C16H16N2O6. The molecule has 1 amide bonds. The van der Waals surface area contributed by atoms with E-state index in [4.69, 9.17) is 9.47 Å². The van der Waals surface area contributed by atoms with Crippen molar-refractivity contribution in [2.75, 3.05) is 19.5 Å². The molecule has 1 heterocycles. The molecule has 0 unspecified atom stereocenters. The van der Waals surface area contributed by atoms with Crippen LogP contribution >= 0.6 is 0 Å². The van der Waals surface area contributed by atoms with E-state index in [0.29, 0.717) is 5.75 Å². The number of hydrogen-bond donors (Lipinski definition) is 3. The summed E-state index contributed by atoms with van der Waals surface area (Å²) in [4.78, 5) is 28.0. The molecule has 2 rings (SSSR count). The lowest BCUT2D eigenvalue weighted by atomic mass is 10.1. The minimum absolute atomic E-state index is 0.108. The van der Waals surface area contributed by atoms with Crippen molar-refractivity contribution in [3.8, 4) is 23.1 Å². The molecule has 0 spiro atoms. The summed E-state index contributed by atoms with van der Waals surface area (Å²) < 4.78 is 10.1. The molecule has 0 aliphatic heterocycles. The molecule has 0 saturated heterocycles. The molecule has 3 N–H and O–H groups in total. The van der Waals surface area contributed by atoms with E-state index in [9.17, 15) is 19.8 Å². The highest BCUT2D eigenvalue weighted by Crippen LogP contribution is 2.25. The fraction of sp³-hybridized carbons (Fsp3) is 0.188. The Balaban J connectivity index is 2.07. The van der Waals surface area contributed by atoms with Gasteiger partial charge in [-0.2, -0.15) is 4.98 Å². The molecule has 0 saturated carbocycles. The van der Waals surface area contributed by atoms with E-state index >= 15 is 0 Å². The Morgan fingerprint density at radius 3 is 2.46 bits per heavy atom. The lowest BCUT2D eigenvalue weighted by molar-refractivity contribution is -0.115. The number of ether oxygens (including phenoxy) is 2. The van der Waals surface area contributed by atoms with Gasteiger partial charge in [-0.05, 0) is 18.2 Å². The van der Waals surface area contributed by atoms with E-state index in [1.807, 2.05) is 0 Å². The van der Waals surface area contributed by atoms with Gasteiger partial charge in [-0.1, -0.05) is 0 Å². The molecule has 0 fully saturated rings. The van der Waals surface area contributed by atoms with E-state index in [-0.39, 0.29) is 23.0 Å². The summed E-state index contributed by atoms with van der Waals surface area (Å²) in [5, 5.41) is 21.1. The van der Waals surface area contributed by atoms with Gasteiger partial charge >= 0.3 is 0 Å². The summed E-state index contributed by atoms with van der Waals surface area (Å²) >= 11 is 0. The molecule has 1 aromatic carbocycles. The Hall–Kier alpha value is -3.29. The van der Waals surface area contributed by atoms with E-state index < -0.39 is 23.9 Å². The van der Waals surface area contributed by atoms with Crippen molar-refractivity contribution >= 4 is 17.5 Å². The summed E-state index contributed by atoms with van der Waals surface area (Å²) in [6.07, 6.45) is -0.453. The number of benzene rings is 1. The highest BCUT2D eigenvalue weighted by Gasteiger charge is 2.15. The van der Waals surface area contributed by atoms with Crippen molar-refractivity contribution < 1.29 is 29.3 Å². The Labute approximate surface area is 137 Å². The van der Waals surface area contributed by atoms with Crippen molar-refractivity contribution in [2.45, 2.75) is 6.42 Å². The average molecular weight is 332 g/mol. The number of aromatic nitrogens is 1. The summed E-state index contributed by atoms with van der Waals surface area (Å²) in [6.45, 7) is 0. The molecule has 1 aromatic heterocycles. The van der Waals surface area contributed by atoms with Crippen LogP contribution in [0.4, 0.5) is 5.82 Å². The van der Waals surface area contributed by atoms with Crippen molar-refractivity contribution in [2.24, 2.45) is 0 Å². The van der Waals surface area contributed by atoms with Gasteiger partial charge in [0, 0.05) is 17.7 Å². The molecule has 0 bridgehead atoms. The number of phenolic OH excluding ortho intramolecular Hbond substituents is 2. The second-order valence-corrected chi connectivity index (χ2v) is 4.79. The van der Waals surface area contributed by atoms with Gasteiger partial charge in [0.1, 0.15) is 11.6 Å². The van der Waals surface area contributed by atoms with Crippen LogP contribution in [0.1, 0.15) is 16.8 Å². The highest BCUT2D eigenvalue weighted by molar-refractivity contribution is 6.11. The number of phenols is 2. The topological polar surface area (TPSA) is 118 Å². The van der Waals surface area contributed by atoms with E-state index in [1.165, 1.54) is 32.4 Å². The SMILES string of the molecule is COc1cc(NC(=O)CC(=O)c2ccc(O)c(O)c2)nc(OC)c1. The first kappa shape index (κ1) is 17.1. The van der Waals surface area contributed by atoms with Gasteiger partial charge < -0.3 is 25.0 Å². The third-order valence-electron chi connectivity index (χ3n) is 3.11. The van der Waals surface area contributed by atoms with Crippen LogP contribution in [0.25, 0.3) is 0 Å². The van der Waals surface area contributed by atoms with Gasteiger partial charge in [0.2, 0.25) is 11.8 Å². The van der Waals surface area contributed by atoms with E-state index in [1.54, 1.807) is 6.07 Å². The minimum atomic E-state index is -0.588. The molecule has 8 heteroatoms. The number of pyridine rings is 1. The predicted molar refractivity (Wildman–Crippen MR) is 84.7 cm³/mol. The molecule has 0 atom stereocenters. The number of aromatic hydroxyl groups is 2. The summed E-state index contributed by atoms with van der Waals surface area (Å²) in [7, 11) is 2.88. The van der Waals surface area contributed by atoms with Crippen LogP contribution in [0.5, 0.6) is 23.1 Å². The van der Waals surface area contributed by atoms with Crippen LogP contribution in [-0.4, -0.2) is 41.1 Å². The Morgan fingerprint density at radius 1 is 1.08 bits per heavy atom. The molecule has 0 aliphatic rings. The monoisotopic (exact) mass is 332 g/mol. The Morgan fingerprint density at radius 2 is 1.83 bits per heavy atom. The zero-order valence-corrected chi connectivity index (χ0v) is 13.1. The summed E-state index contributed by atoms with van der Waals surface area (Å²) in [5.74, 6) is -1.01. The van der Waals surface area contributed by atoms with Crippen LogP contribution in [0.3, 0.4) is 0 Å². The minimum Gasteiger partial charge on any atom is -0.504 e. The number of nitrogens with one attached hydrogen (secondary N) is 1. The van der Waals surface area contributed by atoms with Crippen LogP contribution in [0.2, 0.25) is 0 Å². The van der Waals surface area contributed by atoms with Crippen molar-refractivity contribution in [1.29, 1.82) is 0 Å². The van der Waals surface area contributed by atoms with Gasteiger partial charge in [-0.25, -0.2) is 0 Å². The Kier molecular flexibility index (Phi) is 5.20. The van der Waals surface area contributed by atoms with Crippen molar-refractivity contribution in [1.82, 2.24) is 4.98 Å². The summed E-state index contributed by atoms with van der Waals surface area (Å²) in [6, 6.07) is 6.61. The van der Waals surface area contributed by atoms with Gasteiger partial charge in [-0.3, -0.25) is 9.59 Å². The van der Waals surface area contributed by atoms with Crippen LogP contribution in [0.15, 0.2) is 30.3 Å². The molecule has 126 valence electrons. The van der Waals surface area contributed by atoms with Crippen LogP contribution in [-0.2, 0) is 4.79 Å². The number of rotatable bonds is 6. The van der Waals surface area contributed by atoms with Gasteiger partial charge in [0.05, 0.1) is 20.6 Å². The van der Waals surface area contributed by atoms with E-state index in [2.05, 4.69) is 10.3 Å². The molecule has 2 aromatic rings. The van der Waals surface area contributed by atoms with Crippen molar-refractivity contribution in [3.63, 3.8) is 0 Å². The predicted octanol–water partition coefficient (Wildman–Crippen LogP) is 1.72. The number of carbonyl (C=O) groups is 2. The first-order valence-electron chi connectivity index (χ1n) is 6.88. The fourth-order valence-corrected chi connectivity index (χ4v) is 1.90. The quantitative estimate of drug-likeness (QED) is 0.419. The maximum Gasteiger partial charge on any atom is 0.233 e. The number of methoxy groups -OCH3 is 2. The van der Waals surface area contributed by atoms with Gasteiger partial charge in [0.25, 0.3) is 0 Å². The lowest BCUT2D eigenvalue weighted by Crippen LogP contribution is -2.17. The number of hydrogen-bond acceptors (Lipinski definition) is 7. The number of anilines is 1. The van der Waals surface area contributed by atoms with Gasteiger partial charge in [0.15, 0.2) is 17.3 Å². The maximum absolute atomic E-state index is 12.0.